The lowest BCUT2D eigenvalue weighted by Gasteiger charge is -2.51. The molecule has 0 spiro atoms. The minimum absolute atomic E-state index is 0.0524. The van der Waals surface area contributed by atoms with Crippen LogP contribution in [-0.4, -0.2) is 60.0 Å². The van der Waals surface area contributed by atoms with E-state index in [-0.39, 0.29) is 62.8 Å². The van der Waals surface area contributed by atoms with E-state index >= 15 is 0 Å². The van der Waals surface area contributed by atoms with Crippen LogP contribution in [0, 0.1) is 0 Å². The smallest absolute Gasteiger partial charge is 0.448 e. The van der Waals surface area contributed by atoms with Crippen LogP contribution in [0.2, 0.25) is 0 Å². The minimum Gasteiger partial charge on any atom is -0.448 e. The average Bonchev–Trinajstić information content (AvgIpc) is 3.21. The lowest BCUT2D eigenvalue weighted by molar-refractivity contribution is -0.274. The van der Waals surface area contributed by atoms with Crippen molar-refractivity contribution in [1.29, 1.82) is 0 Å². The van der Waals surface area contributed by atoms with Gasteiger partial charge >= 0.3 is 12.5 Å². The molecule has 2 fully saturated rings. The highest BCUT2D eigenvalue weighted by atomic mass is 19.4. The number of halogens is 3. The van der Waals surface area contributed by atoms with Gasteiger partial charge in [-0.3, -0.25) is 4.90 Å². The number of carbonyl (C=O) groups excluding carboxylic acids is 1. The van der Waals surface area contributed by atoms with Gasteiger partial charge in [-0.2, -0.15) is 0 Å². The molecule has 0 aromatic heterocycles. The average molecular weight is 540 g/mol. The quantitative estimate of drug-likeness (QED) is 0.453. The summed E-state index contributed by atoms with van der Waals surface area (Å²) in [5.74, 6) is -0.364. The summed E-state index contributed by atoms with van der Waals surface area (Å²) in [7, 11) is 0. The number of rotatable bonds is 5. The van der Waals surface area contributed by atoms with Gasteiger partial charge in [-0.15, -0.1) is 13.2 Å². The number of hydrogen-bond donors (Lipinski definition) is 1. The third-order valence-corrected chi connectivity index (χ3v) is 7.88. The fourth-order valence-electron chi connectivity index (χ4n) is 6.37. The van der Waals surface area contributed by atoms with Gasteiger partial charge in [0.15, 0.2) is 0 Å². The second-order valence-electron chi connectivity index (χ2n) is 10.6. The van der Waals surface area contributed by atoms with E-state index in [2.05, 4.69) is 29.0 Å². The molecule has 2 bridgehead atoms. The molecule has 6 rings (SSSR count). The van der Waals surface area contributed by atoms with Crippen LogP contribution in [-0.2, 0) is 15.9 Å². The van der Waals surface area contributed by atoms with Crippen molar-refractivity contribution in [3.63, 3.8) is 0 Å². The molecule has 3 aromatic rings. The highest BCUT2D eigenvalue weighted by Gasteiger charge is 2.49. The lowest BCUT2D eigenvalue weighted by Crippen LogP contribution is -2.64. The summed E-state index contributed by atoms with van der Waals surface area (Å²) in [6.07, 6.45) is -4.40. The molecule has 3 aliphatic rings. The number of benzene rings is 3. The van der Waals surface area contributed by atoms with Gasteiger partial charge in [-0.1, -0.05) is 60.7 Å². The first-order valence-corrected chi connectivity index (χ1v) is 13.0. The molecule has 1 amide bonds. The van der Waals surface area contributed by atoms with E-state index < -0.39 is 18.1 Å². The van der Waals surface area contributed by atoms with Gasteiger partial charge in [0.2, 0.25) is 0 Å². The second kappa shape index (κ2) is 9.88. The number of ether oxygens (including phenoxy) is 3. The Bertz CT molecular complexity index is 1300. The van der Waals surface area contributed by atoms with Gasteiger partial charge in [-0.25, -0.2) is 4.79 Å². The molecule has 204 valence electrons. The van der Waals surface area contributed by atoms with E-state index in [0.29, 0.717) is 5.56 Å². The van der Waals surface area contributed by atoms with Crippen molar-refractivity contribution in [2.45, 2.75) is 49.2 Å². The monoisotopic (exact) mass is 539 g/mol. The summed E-state index contributed by atoms with van der Waals surface area (Å²) in [5.41, 5.74) is 4.12. The normalized spacial score (nSPS) is 24.2. The third-order valence-electron chi connectivity index (χ3n) is 7.88. The van der Waals surface area contributed by atoms with E-state index in [0.717, 1.165) is 22.3 Å². The van der Waals surface area contributed by atoms with Crippen LogP contribution in [0.3, 0.4) is 0 Å². The lowest BCUT2D eigenvalue weighted by atomic mass is 9.78. The van der Waals surface area contributed by atoms with E-state index in [1.807, 2.05) is 24.3 Å². The molecule has 1 N–H and O–H groups in total. The van der Waals surface area contributed by atoms with E-state index in [9.17, 15) is 23.1 Å². The number of alkyl halides is 3. The fourth-order valence-corrected chi connectivity index (χ4v) is 6.37. The van der Waals surface area contributed by atoms with Crippen molar-refractivity contribution in [2.75, 3.05) is 19.8 Å². The number of hydrogen-bond acceptors (Lipinski definition) is 5. The summed E-state index contributed by atoms with van der Waals surface area (Å²) < 4.78 is 52.9. The Morgan fingerprint density at radius 1 is 0.923 bits per heavy atom. The van der Waals surface area contributed by atoms with Crippen molar-refractivity contribution in [1.82, 2.24) is 4.90 Å². The number of carbonyl (C=O) groups is 1. The Hall–Kier alpha value is -3.56. The third kappa shape index (κ3) is 5.21. The Labute approximate surface area is 223 Å². The van der Waals surface area contributed by atoms with Crippen LogP contribution in [0.15, 0.2) is 72.8 Å². The van der Waals surface area contributed by atoms with Crippen LogP contribution in [0.4, 0.5) is 18.0 Å². The molecule has 39 heavy (non-hydrogen) atoms. The summed E-state index contributed by atoms with van der Waals surface area (Å²) >= 11 is 0. The molecule has 9 heteroatoms. The number of piperidine rings is 1. The van der Waals surface area contributed by atoms with Crippen molar-refractivity contribution >= 4 is 6.09 Å². The zero-order valence-electron chi connectivity index (χ0n) is 21.1. The maximum Gasteiger partial charge on any atom is 0.573 e. The molecule has 2 saturated heterocycles. The highest BCUT2D eigenvalue weighted by molar-refractivity contribution is 5.79. The SMILES string of the molecule is O=C(OCC1c2ccccc2-c2ccccc21)N1C2COCC1CC(O)(Cc1ccc(OC(F)(F)F)cc1)C2. The Morgan fingerprint density at radius 2 is 1.49 bits per heavy atom. The maximum absolute atomic E-state index is 13.4. The second-order valence-corrected chi connectivity index (χ2v) is 10.6. The van der Waals surface area contributed by atoms with Crippen LogP contribution >= 0.6 is 0 Å². The number of fused-ring (bicyclic) bond motifs is 5. The predicted molar refractivity (Wildman–Crippen MR) is 136 cm³/mol. The zero-order chi connectivity index (χ0) is 27.2. The molecule has 2 heterocycles. The summed E-state index contributed by atoms with van der Waals surface area (Å²) in [6.45, 7) is 0.767. The van der Waals surface area contributed by atoms with Crippen molar-refractivity contribution in [3.05, 3.63) is 89.5 Å². The molecule has 1 aliphatic carbocycles. The van der Waals surface area contributed by atoms with Gasteiger partial charge in [0.05, 0.1) is 30.9 Å². The van der Waals surface area contributed by atoms with E-state index in [1.165, 1.54) is 24.3 Å². The van der Waals surface area contributed by atoms with Gasteiger partial charge in [0.1, 0.15) is 12.4 Å². The summed E-state index contributed by atoms with van der Waals surface area (Å²) in [6, 6.07) is 21.1. The molecule has 6 nitrogen and oxygen atoms in total. The van der Waals surface area contributed by atoms with Gasteiger partial charge in [0.25, 0.3) is 0 Å². The molecular formula is C30H28F3NO5. The number of aliphatic hydroxyl groups is 1. The highest BCUT2D eigenvalue weighted by Crippen LogP contribution is 2.45. The molecule has 0 saturated carbocycles. The standard InChI is InChI=1S/C30H28F3NO5/c31-30(32,33)39-22-11-9-19(10-12-22)13-29(36)14-20-16-37-17-21(15-29)34(20)28(35)38-18-27-25-7-3-1-5-23(25)24-6-2-4-8-26(24)27/h1-12,20-21,27,36H,13-18H2. The van der Waals surface area contributed by atoms with Crippen molar-refractivity contribution in [3.8, 4) is 16.9 Å². The first-order chi connectivity index (χ1) is 18.7. The number of nitrogens with zero attached hydrogens (tertiary/aromatic N) is 1. The molecule has 2 unspecified atom stereocenters. The minimum atomic E-state index is -4.76. The van der Waals surface area contributed by atoms with Crippen LogP contribution in [0.1, 0.15) is 35.4 Å². The Morgan fingerprint density at radius 3 is 2.05 bits per heavy atom. The molecule has 2 atom stereocenters. The number of morpholine rings is 1. The summed E-state index contributed by atoms with van der Waals surface area (Å²) in [5, 5.41) is 11.5. The van der Waals surface area contributed by atoms with Crippen LogP contribution in [0.5, 0.6) is 5.75 Å². The number of amides is 1. The molecule has 0 radical (unpaired) electrons. The van der Waals surface area contributed by atoms with Crippen molar-refractivity contribution in [2.24, 2.45) is 0 Å². The fraction of sp³-hybridized carbons (Fsp3) is 0.367. The van der Waals surface area contributed by atoms with E-state index in [4.69, 9.17) is 9.47 Å². The Balaban J connectivity index is 1.12. The predicted octanol–water partition coefficient (Wildman–Crippen LogP) is 5.67. The zero-order valence-corrected chi connectivity index (χ0v) is 21.1. The molecular weight excluding hydrogens is 511 g/mol. The molecule has 2 aliphatic heterocycles. The van der Waals surface area contributed by atoms with E-state index in [1.54, 1.807) is 4.90 Å². The molecule has 3 aromatic carbocycles. The van der Waals surface area contributed by atoms with Gasteiger partial charge in [0, 0.05) is 12.3 Å². The Kier molecular flexibility index (Phi) is 6.51. The van der Waals surface area contributed by atoms with Gasteiger partial charge < -0.3 is 19.3 Å². The first kappa shape index (κ1) is 25.7. The maximum atomic E-state index is 13.4. The van der Waals surface area contributed by atoms with Gasteiger partial charge in [-0.05, 0) is 52.8 Å². The topological polar surface area (TPSA) is 68.2 Å². The summed E-state index contributed by atoms with van der Waals surface area (Å²) in [4.78, 5) is 15.1. The van der Waals surface area contributed by atoms with Crippen LogP contribution < -0.4 is 4.74 Å². The first-order valence-electron chi connectivity index (χ1n) is 13.0. The van der Waals surface area contributed by atoms with Crippen LogP contribution in [0.25, 0.3) is 11.1 Å². The largest absolute Gasteiger partial charge is 0.573 e. The van der Waals surface area contributed by atoms with Crippen molar-refractivity contribution < 1.29 is 37.3 Å².